The highest BCUT2D eigenvalue weighted by Crippen LogP contribution is 2.27. The average molecular weight is 401 g/mol. The van der Waals surface area contributed by atoms with E-state index in [-0.39, 0.29) is 21.9 Å². The van der Waals surface area contributed by atoms with Gasteiger partial charge in [0, 0.05) is 31.8 Å². The quantitative estimate of drug-likeness (QED) is 0.824. The molecule has 2 aliphatic heterocycles. The molecular weight excluding hydrogens is 376 g/mol. The number of carbonyl (C=O) groups excluding carboxylic acids is 1. The number of nitrogens with one attached hydrogen (secondary N) is 1. The van der Waals surface area contributed by atoms with Crippen LogP contribution in [0.2, 0.25) is 5.02 Å². The molecule has 8 heteroatoms. The van der Waals surface area contributed by atoms with Crippen molar-refractivity contribution in [3.8, 4) is 0 Å². The monoisotopic (exact) mass is 400 g/mol. The first-order valence-corrected chi connectivity index (χ1v) is 11.0. The second-order valence-corrected chi connectivity index (χ2v) is 9.12. The molecule has 2 saturated heterocycles. The van der Waals surface area contributed by atoms with Gasteiger partial charge in [-0.3, -0.25) is 4.79 Å². The summed E-state index contributed by atoms with van der Waals surface area (Å²) in [7, 11) is -3.71. The van der Waals surface area contributed by atoms with Gasteiger partial charge < -0.3 is 10.1 Å². The third-order valence-corrected chi connectivity index (χ3v) is 7.27. The molecular formula is C18H25ClN2O4S. The van der Waals surface area contributed by atoms with E-state index in [0.29, 0.717) is 25.2 Å². The van der Waals surface area contributed by atoms with Crippen molar-refractivity contribution in [2.24, 2.45) is 0 Å². The fourth-order valence-electron chi connectivity index (χ4n) is 3.38. The number of sulfonamides is 1. The maximum absolute atomic E-state index is 13.0. The fourth-order valence-corrected chi connectivity index (χ4v) is 5.39. The van der Waals surface area contributed by atoms with E-state index in [1.165, 1.54) is 16.4 Å². The van der Waals surface area contributed by atoms with E-state index in [1.54, 1.807) is 6.07 Å². The van der Waals surface area contributed by atoms with Crippen LogP contribution >= 0.6 is 11.6 Å². The van der Waals surface area contributed by atoms with Crippen LogP contribution in [0.3, 0.4) is 0 Å². The van der Waals surface area contributed by atoms with E-state index >= 15 is 0 Å². The number of halogens is 1. The molecule has 0 aromatic heterocycles. The Morgan fingerprint density at radius 2 is 1.92 bits per heavy atom. The van der Waals surface area contributed by atoms with E-state index in [1.807, 2.05) is 0 Å². The van der Waals surface area contributed by atoms with Crippen molar-refractivity contribution in [3.05, 3.63) is 28.8 Å². The standard InChI is InChI=1S/C18H25ClN2O4S/c19-16-8-7-14(18(22)20-13-15-6-5-11-25-15)12-17(16)26(23,24)21-9-3-1-2-4-10-21/h7-8,12,15H,1-6,9-11,13H2,(H,20,22)/t15-/m1/s1. The molecule has 1 atom stereocenters. The largest absolute Gasteiger partial charge is 0.376 e. The summed E-state index contributed by atoms with van der Waals surface area (Å²) in [4.78, 5) is 12.4. The average Bonchev–Trinajstić information content (AvgIpc) is 2.99. The van der Waals surface area contributed by atoms with Gasteiger partial charge in [0.15, 0.2) is 0 Å². The van der Waals surface area contributed by atoms with Crippen molar-refractivity contribution in [1.82, 2.24) is 9.62 Å². The number of hydrogen-bond donors (Lipinski definition) is 1. The van der Waals surface area contributed by atoms with Crippen LogP contribution in [0, 0.1) is 0 Å². The first-order valence-electron chi connectivity index (χ1n) is 9.18. The summed E-state index contributed by atoms with van der Waals surface area (Å²) in [6.45, 7) is 2.14. The van der Waals surface area contributed by atoms with Crippen molar-refractivity contribution < 1.29 is 17.9 Å². The first-order chi connectivity index (χ1) is 12.5. The summed E-state index contributed by atoms with van der Waals surface area (Å²) in [5.74, 6) is -0.315. The third-order valence-electron chi connectivity index (χ3n) is 4.89. The summed E-state index contributed by atoms with van der Waals surface area (Å²) in [6, 6.07) is 4.41. The molecule has 0 unspecified atom stereocenters. The highest BCUT2D eigenvalue weighted by molar-refractivity contribution is 7.89. The maximum atomic E-state index is 13.0. The Hall–Kier alpha value is -1.15. The molecule has 3 rings (SSSR count). The van der Waals surface area contributed by atoms with Gasteiger partial charge in [-0.15, -0.1) is 0 Å². The molecule has 26 heavy (non-hydrogen) atoms. The lowest BCUT2D eigenvalue weighted by atomic mass is 10.2. The molecule has 0 saturated carbocycles. The van der Waals surface area contributed by atoms with Crippen molar-refractivity contribution in [3.63, 3.8) is 0 Å². The molecule has 1 aromatic carbocycles. The van der Waals surface area contributed by atoms with Gasteiger partial charge in [-0.2, -0.15) is 4.31 Å². The van der Waals surface area contributed by atoms with Crippen molar-refractivity contribution in [2.75, 3.05) is 26.2 Å². The Morgan fingerprint density at radius 3 is 2.58 bits per heavy atom. The molecule has 2 aliphatic rings. The lowest BCUT2D eigenvalue weighted by Crippen LogP contribution is -2.33. The van der Waals surface area contributed by atoms with Crippen LogP contribution in [0.15, 0.2) is 23.1 Å². The van der Waals surface area contributed by atoms with Gasteiger partial charge in [0.1, 0.15) is 4.90 Å². The number of nitrogens with zero attached hydrogens (tertiary/aromatic N) is 1. The fraction of sp³-hybridized carbons (Fsp3) is 0.611. The topological polar surface area (TPSA) is 75.7 Å². The lowest BCUT2D eigenvalue weighted by Gasteiger charge is -2.21. The van der Waals surface area contributed by atoms with Crippen LogP contribution in [0.25, 0.3) is 0 Å². The molecule has 0 bridgehead atoms. The van der Waals surface area contributed by atoms with Crippen LogP contribution in [0.1, 0.15) is 48.9 Å². The molecule has 2 heterocycles. The van der Waals surface area contributed by atoms with E-state index in [4.69, 9.17) is 16.3 Å². The van der Waals surface area contributed by atoms with Crippen molar-refractivity contribution in [1.29, 1.82) is 0 Å². The molecule has 1 aromatic rings. The van der Waals surface area contributed by atoms with Crippen LogP contribution in [0.4, 0.5) is 0 Å². The van der Waals surface area contributed by atoms with Crippen LogP contribution < -0.4 is 5.32 Å². The molecule has 144 valence electrons. The maximum Gasteiger partial charge on any atom is 0.251 e. The number of carbonyl (C=O) groups is 1. The number of hydrogen-bond acceptors (Lipinski definition) is 4. The molecule has 1 N–H and O–H groups in total. The molecule has 0 radical (unpaired) electrons. The van der Waals surface area contributed by atoms with Gasteiger partial charge in [0.2, 0.25) is 10.0 Å². The summed E-state index contributed by atoms with van der Waals surface area (Å²) >= 11 is 6.17. The van der Waals surface area contributed by atoms with E-state index in [0.717, 1.165) is 45.1 Å². The Bertz CT molecular complexity index is 740. The van der Waals surface area contributed by atoms with E-state index in [2.05, 4.69) is 5.32 Å². The minimum Gasteiger partial charge on any atom is -0.376 e. The lowest BCUT2D eigenvalue weighted by molar-refractivity contribution is 0.0857. The Morgan fingerprint density at radius 1 is 1.19 bits per heavy atom. The predicted octanol–water partition coefficient (Wildman–Crippen LogP) is 2.81. The number of amides is 1. The highest BCUT2D eigenvalue weighted by atomic mass is 35.5. The zero-order valence-electron chi connectivity index (χ0n) is 14.7. The molecule has 0 aliphatic carbocycles. The summed E-state index contributed by atoms with van der Waals surface area (Å²) in [5.41, 5.74) is 0.292. The van der Waals surface area contributed by atoms with Gasteiger partial charge in [0.05, 0.1) is 11.1 Å². The normalized spacial score (nSPS) is 22.1. The summed E-state index contributed by atoms with van der Waals surface area (Å²) in [5, 5.41) is 2.96. The summed E-state index contributed by atoms with van der Waals surface area (Å²) < 4.78 is 33.0. The highest BCUT2D eigenvalue weighted by Gasteiger charge is 2.28. The number of rotatable bonds is 5. The number of ether oxygens (including phenoxy) is 1. The SMILES string of the molecule is O=C(NC[C@H]1CCCO1)c1ccc(Cl)c(S(=O)(=O)N2CCCCCC2)c1. The minimum atomic E-state index is -3.71. The molecule has 1 amide bonds. The second-order valence-electron chi connectivity index (χ2n) is 6.81. The van der Waals surface area contributed by atoms with Crippen LogP contribution in [-0.2, 0) is 14.8 Å². The van der Waals surface area contributed by atoms with Gasteiger partial charge in [0.25, 0.3) is 5.91 Å². The first kappa shape index (κ1) is 19.6. The minimum absolute atomic E-state index is 0.00540. The Labute approximate surface area is 159 Å². The molecule has 2 fully saturated rings. The van der Waals surface area contributed by atoms with Crippen molar-refractivity contribution in [2.45, 2.75) is 49.5 Å². The second kappa shape index (κ2) is 8.69. The Kier molecular flexibility index (Phi) is 6.55. The van der Waals surface area contributed by atoms with Gasteiger partial charge >= 0.3 is 0 Å². The molecule has 6 nitrogen and oxygen atoms in total. The molecule has 0 spiro atoms. The predicted molar refractivity (Wildman–Crippen MR) is 100.0 cm³/mol. The van der Waals surface area contributed by atoms with Crippen LogP contribution in [-0.4, -0.2) is 51.0 Å². The Balaban J connectivity index is 1.76. The van der Waals surface area contributed by atoms with Gasteiger partial charge in [-0.05, 0) is 43.9 Å². The third kappa shape index (κ3) is 4.57. The van der Waals surface area contributed by atoms with Gasteiger partial charge in [-0.25, -0.2) is 8.42 Å². The van der Waals surface area contributed by atoms with Crippen molar-refractivity contribution >= 4 is 27.5 Å². The van der Waals surface area contributed by atoms with Crippen LogP contribution in [0.5, 0.6) is 0 Å². The zero-order valence-corrected chi connectivity index (χ0v) is 16.3. The smallest absolute Gasteiger partial charge is 0.251 e. The zero-order chi connectivity index (χ0) is 18.6. The van der Waals surface area contributed by atoms with Gasteiger partial charge in [-0.1, -0.05) is 24.4 Å². The number of benzene rings is 1. The summed E-state index contributed by atoms with van der Waals surface area (Å²) in [6.07, 6.45) is 5.72. The van der Waals surface area contributed by atoms with E-state index < -0.39 is 10.0 Å². The van der Waals surface area contributed by atoms with E-state index in [9.17, 15) is 13.2 Å².